The molecule has 1 aliphatic heterocycles. The van der Waals surface area contributed by atoms with Gasteiger partial charge in [-0.05, 0) is 50.5 Å². The van der Waals surface area contributed by atoms with Crippen molar-refractivity contribution in [3.05, 3.63) is 0 Å². The molecule has 2 bridgehead atoms. The van der Waals surface area contributed by atoms with Gasteiger partial charge < -0.3 is 10.5 Å². The molecule has 1 heterocycles. The molecule has 2 aliphatic rings. The fraction of sp³-hybridized carbons (Fsp3) is 1.00. The number of likely N-dealkylation sites (tertiary alicyclic amines) is 1. The molecule has 0 radical (unpaired) electrons. The van der Waals surface area contributed by atoms with E-state index in [9.17, 15) is 0 Å². The van der Waals surface area contributed by atoms with E-state index >= 15 is 0 Å². The van der Waals surface area contributed by atoms with Gasteiger partial charge in [-0.2, -0.15) is 0 Å². The fourth-order valence-corrected chi connectivity index (χ4v) is 3.69. The molecule has 17 heavy (non-hydrogen) atoms. The van der Waals surface area contributed by atoms with E-state index in [4.69, 9.17) is 10.5 Å². The van der Waals surface area contributed by atoms with Crippen LogP contribution < -0.4 is 5.73 Å². The van der Waals surface area contributed by atoms with Crippen LogP contribution >= 0.6 is 0 Å². The quantitative estimate of drug-likeness (QED) is 0.770. The van der Waals surface area contributed by atoms with E-state index in [-0.39, 0.29) is 0 Å². The first kappa shape index (κ1) is 13.3. The fourth-order valence-electron chi connectivity index (χ4n) is 3.69. The summed E-state index contributed by atoms with van der Waals surface area (Å²) in [7, 11) is 1.82. The van der Waals surface area contributed by atoms with Gasteiger partial charge in [-0.1, -0.05) is 6.42 Å². The molecule has 3 atom stereocenters. The monoisotopic (exact) mass is 240 g/mol. The zero-order valence-electron chi connectivity index (χ0n) is 11.2. The molecule has 1 saturated heterocycles. The number of methoxy groups -OCH3 is 1. The molecule has 1 aliphatic carbocycles. The molecule has 2 N–H and O–H groups in total. The number of rotatable bonds is 6. The van der Waals surface area contributed by atoms with Crippen molar-refractivity contribution in [2.45, 2.75) is 44.6 Å². The van der Waals surface area contributed by atoms with E-state index in [1.807, 2.05) is 7.11 Å². The zero-order valence-corrected chi connectivity index (χ0v) is 11.2. The van der Waals surface area contributed by atoms with Crippen LogP contribution in [0.3, 0.4) is 0 Å². The molecule has 3 unspecified atom stereocenters. The van der Waals surface area contributed by atoms with Crippen LogP contribution in [-0.2, 0) is 4.74 Å². The van der Waals surface area contributed by atoms with Crippen molar-refractivity contribution in [3.63, 3.8) is 0 Å². The summed E-state index contributed by atoms with van der Waals surface area (Å²) in [5.41, 5.74) is 5.64. The Hall–Kier alpha value is -0.120. The van der Waals surface area contributed by atoms with Gasteiger partial charge in [0.05, 0.1) is 6.61 Å². The first-order chi connectivity index (χ1) is 8.33. The molecular weight excluding hydrogens is 212 g/mol. The van der Waals surface area contributed by atoms with Crippen molar-refractivity contribution in [2.75, 3.05) is 33.4 Å². The average molecular weight is 240 g/mol. The maximum Gasteiger partial charge on any atom is 0.0618 e. The lowest BCUT2D eigenvalue weighted by molar-refractivity contribution is 0.0164. The van der Waals surface area contributed by atoms with Gasteiger partial charge in [-0.3, -0.25) is 4.90 Å². The van der Waals surface area contributed by atoms with Crippen LogP contribution in [0.1, 0.15) is 38.5 Å². The van der Waals surface area contributed by atoms with Gasteiger partial charge in [0, 0.05) is 26.2 Å². The van der Waals surface area contributed by atoms with Crippen molar-refractivity contribution in [1.82, 2.24) is 4.90 Å². The number of nitrogens with zero attached hydrogens (tertiary/aromatic N) is 1. The number of nitrogens with two attached hydrogens (primary N) is 1. The third-order valence-electron chi connectivity index (χ3n) is 4.49. The molecule has 2 fully saturated rings. The predicted octanol–water partition coefficient (Wildman–Crippen LogP) is 1.86. The topological polar surface area (TPSA) is 38.5 Å². The average Bonchev–Trinajstić information content (AvgIpc) is 2.34. The van der Waals surface area contributed by atoms with Crippen molar-refractivity contribution in [3.8, 4) is 0 Å². The molecule has 0 aromatic carbocycles. The Bertz CT molecular complexity index is 210. The van der Waals surface area contributed by atoms with Crippen molar-refractivity contribution >= 4 is 0 Å². The zero-order chi connectivity index (χ0) is 12.1. The largest absolute Gasteiger partial charge is 0.383 e. The van der Waals surface area contributed by atoms with Gasteiger partial charge >= 0.3 is 0 Å². The Kier molecular flexibility index (Phi) is 5.26. The third-order valence-corrected chi connectivity index (χ3v) is 4.49. The number of ether oxygens (including phenoxy) is 1. The van der Waals surface area contributed by atoms with E-state index < -0.39 is 0 Å². The molecule has 0 aromatic rings. The Morgan fingerprint density at radius 1 is 1.29 bits per heavy atom. The van der Waals surface area contributed by atoms with Crippen molar-refractivity contribution in [1.29, 1.82) is 0 Å². The lowest BCUT2D eigenvalue weighted by Crippen LogP contribution is -2.49. The van der Waals surface area contributed by atoms with Gasteiger partial charge in [-0.15, -0.1) is 0 Å². The molecule has 3 heteroatoms. The van der Waals surface area contributed by atoms with Crippen LogP contribution in [0.5, 0.6) is 0 Å². The molecule has 1 saturated carbocycles. The highest BCUT2D eigenvalue weighted by atomic mass is 16.5. The SMILES string of the molecule is COCC(CCCN)N1CC2CCCC(C2)C1. The summed E-state index contributed by atoms with van der Waals surface area (Å²) >= 11 is 0. The summed E-state index contributed by atoms with van der Waals surface area (Å²) in [5.74, 6) is 1.92. The summed E-state index contributed by atoms with van der Waals surface area (Å²) in [6.07, 6.45) is 8.16. The maximum absolute atomic E-state index is 5.64. The highest BCUT2D eigenvalue weighted by molar-refractivity contribution is 4.86. The van der Waals surface area contributed by atoms with E-state index in [1.54, 1.807) is 0 Å². The van der Waals surface area contributed by atoms with E-state index in [1.165, 1.54) is 45.2 Å². The van der Waals surface area contributed by atoms with Crippen LogP contribution in [0.15, 0.2) is 0 Å². The summed E-state index contributed by atoms with van der Waals surface area (Å²) in [6.45, 7) is 4.28. The lowest BCUT2D eigenvalue weighted by Gasteiger charge is -2.44. The molecular formula is C14H28N2O. The van der Waals surface area contributed by atoms with Gasteiger partial charge in [0.15, 0.2) is 0 Å². The summed E-state index contributed by atoms with van der Waals surface area (Å²) in [4.78, 5) is 2.69. The maximum atomic E-state index is 5.64. The third kappa shape index (κ3) is 3.67. The van der Waals surface area contributed by atoms with Crippen molar-refractivity contribution in [2.24, 2.45) is 17.6 Å². The standard InChI is InChI=1S/C14H28N2O/c1-17-11-14(6-3-7-15)16-9-12-4-2-5-13(8-12)10-16/h12-14H,2-11,15H2,1H3. The summed E-state index contributed by atoms with van der Waals surface area (Å²) in [5, 5.41) is 0. The Balaban J connectivity index is 1.88. The minimum atomic E-state index is 0.604. The number of piperidine rings is 1. The normalized spacial score (nSPS) is 31.4. The Morgan fingerprint density at radius 3 is 2.59 bits per heavy atom. The van der Waals surface area contributed by atoms with Gasteiger partial charge in [0.2, 0.25) is 0 Å². The lowest BCUT2D eigenvalue weighted by atomic mass is 9.77. The second-order valence-electron chi connectivity index (χ2n) is 5.89. The van der Waals surface area contributed by atoms with E-state index in [2.05, 4.69) is 4.90 Å². The minimum Gasteiger partial charge on any atom is -0.383 e. The van der Waals surface area contributed by atoms with Crippen LogP contribution in [0.2, 0.25) is 0 Å². The van der Waals surface area contributed by atoms with Gasteiger partial charge in [0.1, 0.15) is 0 Å². The van der Waals surface area contributed by atoms with Crippen LogP contribution in [0.4, 0.5) is 0 Å². The Labute approximate surface area is 106 Å². The Morgan fingerprint density at radius 2 is 2.00 bits per heavy atom. The molecule has 0 spiro atoms. The predicted molar refractivity (Wildman–Crippen MR) is 71.0 cm³/mol. The molecule has 3 nitrogen and oxygen atoms in total. The first-order valence-corrected chi connectivity index (χ1v) is 7.26. The van der Waals surface area contributed by atoms with Crippen LogP contribution in [0, 0.1) is 11.8 Å². The number of fused-ring (bicyclic) bond motifs is 2. The van der Waals surface area contributed by atoms with E-state index in [0.717, 1.165) is 31.4 Å². The summed E-state index contributed by atoms with van der Waals surface area (Å²) in [6, 6.07) is 0.604. The van der Waals surface area contributed by atoms with Crippen LogP contribution in [-0.4, -0.2) is 44.3 Å². The van der Waals surface area contributed by atoms with Gasteiger partial charge in [0.25, 0.3) is 0 Å². The highest BCUT2D eigenvalue weighted by Crippen LogP contribution is 2.35. The first-order valence-electron chi connectivity index (χ1n) is 7.26. The minimum absolute atomic E-state index is 0.604. The molecule has 0 amide bonds. The molecule has 100 valence electrons. The number of hydrogen-bond acceptors (Lipinski definition) is 3. The van der Waals surface area contributed by atoms with Gasteiger partial charge in [-0.25, -0.2) is 0 Å². The second-order valence-corrected chi connectivity index (χ2v) is 5.89. The van der Waals surface area contributed by atoms with E-state index in [0.29, 0.717) is 6.04 Å². The van der Waals surface area contributed by atoms with Crippen molar-refractivity contribution < 1.29 is 4.74 Å². The molecule has 0 aromatic heterocycles. The molecule has 2 rings (SSSR count). The highest BCUT2D eigenvalue weighted by Gasteiger charge is 2.33. The second kappa shape index (κ2) is 6.72. The van der Waals surface area contributed by atoms with Crippen LogP contribution in [0.25, 0.3) is 0 Å². The number of hydrogen-bond donors (Lipinski definition) is 1. The smallest absolute Gasteiger partial charge is 0.0618 e. The summed E-state index contributed by atoms with van der Waals surface area (Å²) < 4.78 is 5.39.